The van der Waals surface area contributed by atoms with Gasteiger partial charge >= 0.3 is 5.97 Å². The van der Waals surface area contributed by atoms with Crippen molar-refractivity contribution in [2.45, 2.75) is 45.8 Å². The van der Waals surface area contributed by atoms with Crippen LogP contribution >= 0.6 is 0 Å². The molecule has 0 unspecified atom stereocenters. The Morgan fingerprint density at radius 3 is 2.47 bits per heavy atom. The molecule has 0 amide bonds. The van der Waals surface area contributed by atoms with Crippen molar-refractivity contribution in [2.75, 3.05) is 20.8 Å². The van der Waals surface area contributed by atoms with Crippen LogP contribution in [0.3, 0.4) is 0 Å². The largest absolute Gasteiger partial charge is 0.503 e. The van der Waals surface area contributed by atoms with Gasteiger partial charge in [-0.3, -0.25) is 0 Å². The van der Waals surface area contributed by atoms with E-state index in [2.05, 4.69) is 24.4 Å². The number of carbonyl (C=O) groups excluding carboxylic acids is 1. The topological polar surface area (TPSA) is 56.8 Å². The maximum absolute atomic E-state index is 12.1. The van der Waals surface area contributed by atoms with Gasteiger partial charge in [-0.15, -0.1) is 0 Å². The molecule has 162 valence electrons. The summed E-state index contributed by atoms with van der Waals surface area (Å²) >= 11 is 0. The number of carbonyl (C=O) groups is 1. The molecule has 0 bridgehead atoms. The summed E-state index contributed by atoms with van der Waals surface area (Å²) in [7, 11) is 2.86. The second-order valence-corrected chi connectivity index (χ2v) is 7.09. The molecule has 5 heteroatoms. The fraction of sp³-hybridized carbons (Fsp3) is 0.400. The highest BCUT2D eigenvalue weighted by atomic mass is 16.5. The van der Waals surface area contributed by atoms with Gasteiger partial charge in [0.25, 0.3) is 0 Å². The van der Waals surface area contributed by atoms with E-state index in [1.165, 1.54) is 51.7 Å². The summed E-state index contributed by atoms with van der Waals surface area (Å²) in [4.78, 5) is 12.1. The van der Waals surface area contributed by atoms with Crippen molar-refractivity contribution in [3.05, 3.63) is 71.5 Å². The van der Waals surface area contributed by atoms with Crippen LogP contribution in [0.15, 0.2) is 54.8 Å². The van der Waals surface area contributed by atoms with E-state index in [-0.39, 0.29) is 0 Å². The third-order valence-electron chi connectivity index (χ3n) is 4.80. The smallest absolute Gasteiger partial charge is 0.341 e. The van der Waals surface area contributed by atoms with Crippen LogP contribution < -0.4 is 10.1 Å². The molecule has 0 saturated carbocycles. The van der Waals surface area contributed by atoms with Crippen LogP contribution in [0.25, 0.3) is 5.57 Å². The molecule has 2 aromatic carbocycles. The summed E-state index contributed by atoms with van der Waals surface area (Å²) in [6.45, 7) is 4.47. The first-order chi connectivity index (χ1) is 14.7. The lowest BCUT2D eigenvalue weighted by molar-refractivity contribution is -0.133. The van der Waals surface area contributed by atoms with Crippen LogP contribution in [0.5, 0.6) is 5.75 Å². The zero-order valence-electron chi connectivity index (χ0n) is 18.3. The minimum absolute atomic E-state index is 0.337. The Hall–Kier alpha value is -2.79. The summed E-state index contributed by atoms with van der Waals surface area (Å²) < 4.78 is 15.9. The third-order valence-corrected chi connectivity index (χ3v) is 4.80. The highest BCUT2D eigenvalue weighted by Gasteiger charge is 2.16. The van der Waals surface area contributed by atoms with Gasteiger partial charge in [-0.2, -0.15) is 0 Å². The SMILES string of the molecule is CCCCCCNCc1ccc(OCc2ccccc2C(=COC)C(=O)OC)cc1. The molecular weight excluding hydrogens is 378 g/mol. The van der Waals surface area contributed by atoms with Gasteiger partial charge < -0.3 is 19.5 Å². The summed E-state index contributed by atoms with van der Waals surface area (Å²) in [5.74, 6) is 0.336. The van der Waals surface area contributed by atoms with Gasteiger partial charge in [-0.25, -0.2) is 4.79 Å². The molecular formula is C25H33NO4. The minimum atomic E-state index is -0.448. The van der Waals surface area contributed by atoms with Gasteiger partial charge in [0.1, 0.15) is 17.9 Å². The summed E-state index contributed by atoms with van der Waals surface area (Å²) in [6.07, 6.45) is 6.47. The molecule has 0 aromatic heterocycles. The predicted molar refractivity (Wildman–Crippen MR) is 120 cm³/mol. The number of nitrogens with one attached hydrogen (secondary N) is 1. The lowest BCUT2D eigenvalue weighted by Gasteiger charge is -2.13. The van der Waals surface area contributed by atoms with Crippen LogP contribution in [0, 0.1) is 0 Å². The van der Waals surface area contributed by atoms with Crippen molar-refractivity contribution in [2.24, 2.45) is 0 Å². The highest BCUT2D eigenvalue weighted by molar-refractivity contribution is 6.16. The molecule has 0 fully saturated rings. The van der Waals surface area contributed by atoms with E-state index in [1.807, 2.05) is 36.4 Å². The van der Waals surface area contributed by atoms with Crippen molar-refractivity contribution in [1.82, 2.24) is 5.32 Å². The molecule has 0 heterocycles. The van der Waals surface area contributed by atoms with Crippen LogP contribution in [0.2, 0.25) is 0 Å². The Labute approximate surface area is 180 Å². The van der Waals surface area contributed by atoms with Crippen molar-refractivity contribution < 1.29 is 19.0 Å². The molecule has 0 aliphatic rings. The standard InChI is InChI=1S/C25H33NO4/c1-4-5-6-9-16-26-17-20-12-14-22(15-13-20)30-18-21-10-7-8-11-23(21)24(19-28-2)25(27)29-3/h7-8,10-15,19,26H,4-6,9,16-18H2,1-3H3. The van der Waals surface area contributed by atoms with E-state index in [1.54, 1.807) is 0 Å². The summed E-state index contributed by atoms with van der Waals surface area (Å²) in [5.41, 5.74) is 3.20. The van der Waals surface area contributed by atoms with Crippen LogP contribution in [-0.4, -0.2) is 26.7 Å². The Kier molecular flexibility index (Phi) is 10.5. The Morgan fingerprint density at radius 2 is 1.77 bits per heavy atom. The first kappa shape index (κ1) is 23.5. The van der Waals surface area contributed by atoms with Gasteiger partial charge in [0.15, 0.2) is 0 Å². The van der Waals surface area contributed by atoms with Crippen molar-refractivity contribution in [3.8, 4) is 5.75 Å². The molecule has 30 heavy (non-hydrogen) atoms. The fourth-order valence-corrected chi connectivity index (χ4v) is 3.13. The molecule has 0 atom stereocenters. The van der Waals surface area contributed by atoms with Crippen molar-refractivity contribution in [1.29, 1.82) is 0 Å². The normalized spacial score (nSPS) is 11.2. The van der Waals surface area contributed by atoms with Gasteiger partial charge in [-0.1, -0.05) is 62.6 Å². The summed E-state index contributed by atoms with van der Waals surface area (Å²) in [6, 6.07) is 15.7. The fourth-order valence-electron chi connectivity index (χ4n) is 3.13. The first-order valence-electron chi connectivity index (χ1n) is 10.5. The van der Waals surface area contributed by atoms with E-state index in [9.17, 15) is 4.79 Å². The quantitative estimate of drug-likeness (QED) is 0.215. The average Bonchev–Trinajstić information content (AvgIpc) is 2.79. The molecule has 0 aliphatic heterocycles. The second kappa shape index (κ2) is 13.4. The number of rotatable bonds is 13. The van der Waals surface area contributed by atoms with Crippen molar-refractivity contribution >= 4 is 11.5 Å². The van der Waals surface area contributed by atoms with Crippen LogP contribution in [0.4, 0.5) is 0 Å². The Bertz CT molecular complexity index is 799. The highest BCUT2D eigenvalue weighted by Crippen LogP contribution is 2.23. The molecule has 1 N–H and O–H groups in total. The van der Waals surface area contributed by atoms with Crippen molar-refractivity contribution in [3.63, 3.8) is 0 Å². The number of esters is 1. The maximum atomic E-state index is 12.1. The Morgan fingerprint density at radius 1 is 1.00 bits per heavy atom. The number of benzene rings is 2. The molecule has 0 radical (unpaired) electrons. The number of unbranched alkanes of at least 4 members (excludes halogenated alkanes) is 3. The van der Waals surface area contributed by atoms with E-state index in [4.69, 9.17) is 14.2 Å². The molecule has 5 nitrogen and oxygen atoms in total. The first-order valence-corrected chi connectivity index (χ1v) is 10.5. The molecule has 2 aromatic rings. The van der Waals surface area contributed by atoms with E-state index >= 15 is 0 Å². The van der Waals surface area contributed by atoms with E-state index < -0.39 is 5.97 Å². The monoisotopic (exact) mass is 411 g/mol. The van der Waals surface area contributed by atoms with Crippen LogP contribution in [-0.2, 0) is 27.4 Å². The van der Waals surface area contributed by atoms with Gasteiger partial charge in [0, 0.05) is 6.54 Å². The zero-order valence-corrected chi connectivity index (χ0v) is 18.3. The lowest BCUT2D eigenvalue weighted by Crippen LogP contribution is -2.14. The van der Waals surface area contributed by atoms with E-state index in [0.717, 1.165) is 30.0 Å². The van der Waals surface area contributed by atoms with Crippen LogP contribution in [0.1, 0.15) is 49.3 Å². The molecule has 0 spiro atoms. The molecule has 0 saturated heterocycles. The van der Waals surface area contributed by atoms with Gasteiger partial charge in [-0.05, 0) is 41.8 Å². The summed E-state index contributed by atoms with van der Waals surface area (Å²) in [5, 5.41) is 3.48. The average molecular weight is 412 g/mol. The molecule has 0 aliphatic carbocycles. The number of hydrogen-bond donors (Lipinski definition) is 1. The number of ether oxygens (including phenoxy) is 3. The van der Waals surface area contributed by atoms with E-state index in [0.29, 0.717) is 12.2 Å². The van der Waals surface area contributed by atoms with Gasteiger partial charge in [0.05, 0.1) is 20.5 Å². The Balaban J connectivity index is 1.93. The minimum Gasteiger partial charge on any atom is -0.503 e. The second-order valence-electron chi connectivity index (χ2n) is 7.09. The number of hydrogen-bond acceptors (Lipinski definition) is 5. The lowest BCUT2D eigenvalue weighted by atomic mass is 10.0. The maximum Gasteiger partial charge on any atom is 0.341 e. The zero-order chi connectivity index (χ0) is 21.6. The third kappa shape index (κ3) is 7.56. The predicted octanol–water partition coefficient (Wildman–Crippen LogP) is 5.10. The van der Waals surface area contributed by atoms with Gasteiger partial charge in [0.2, 0.25) is 0 Å². The molecule has 2 rings (SSSR count). The number of methoxy groups -OCH3 is 2.